The summed E-state index contributed by atoms with van der Waals surface area (Å²) >= 11 is 1.37. The van der Waals surface area contributed by atoms with E-state index in [1.165, 1.54) is 23.7 Å². The van der Waals surface area contributed by atoms with Gasteiger partial charge in [-0.25, -0.2) is 4.98 Å². The minimum absolute atomic E-state index is 0.0276. The lowest BCUT2D eigenvalue weighted by molar-refractivity contribution is -0.127. The highest BCUT2D eigenvalue weighted by atomic mass is 32.2. The predicted molar refractivity (Wildman–Crippen MR) is 147 cm³/mol. The molecule has 1 fully saturated rings. The van der Waals surface area contributed by atoms with Crippen LogP contribution in [0.2, 0.25) is 0 Å². The summed E-state index contributed by atoms with van der Waals surface area (Å²) in [5, 5.41) is 0.590. The molecule has 2 aliphatic carbocycles. The summed E-state index contributed by atoms with van der Waals surface area (Å²) in [5.41, 5.74) is 5.81. The van der Waals surface area contributed by atoms with E-state index >= 15 is 0 Å². The van der Waals surface area contributed by atoms with Crippen LogP contribution in [-0.2, 0) is 16.6 Å². The van der Waals surface area contributed by atoms with Crippen molar-refractivity contribution < 1.29 is 4.79 Å². The fraction of sp³-hybridized carbons (Fsp3) is 0.433. The fourth-order valence-electron chi connectivity index (χ4n) is 6.07. The van der Waals surface area contributed by atoms with Crippen molar-refractivity contribution in [3.05, 3.63) is 75.6 Å². The Morgan fingerprint density at radius 1 is 1.06 bits per heavy atom. The summed E-state index contributed by atoms with van der Waals surface area (Å²) in [6.07, 6.45) is 6.44. The molecule has 0 saturated heterocycles. The Kier molecular flexibility index (Phi) is 7.07. The topological polar surface area (TPSA) is 55.2 Å². The number of aromatic nitrogens is 2. The Labute approximate surface area is 217 Å². The normalized spacial score (nSPS) is 15.9. The summed E-state index contributed by atoms with van der Waals surface area (Å²) < 4.78 is 1.77. The molecular weight excluding hydrogens is 466 g/mol. The average molecular weight is 502 g/mol. The number of thioether (sulfide) groups is 1. The van der Waals surface area contributed by atoms with Crippen molar-refractivity contribution in [3.8, 4) is 16.9 Å². The van der Waals surface area contributed by atoms with Gasteiger partial charge < -0.3 is 4.90 Å². The van der Waals surface area contributed by atoms with Gasteiger partial charge in [0.05, 0.1) is 22.7 Å². The smallest absolute Gasteiger partial charge is 0.263 e. The van der Waals surface area contributed by atoms with Crippen LogP contribution in [0.1, 0.15) is 62.6 Å². The Hall–Kier alpha value is -2.86. The zero-order chi connectivity index (χ0) is 25.3. The maximum absolute atomic E-state index is 14.5. The van der Waals surface area contributed by atoms with E-state index in [-0.39, 0.29) is 22.6 Å². The number of rotatable bonds is 6. The van der Waals surface area contributed by atoms with E-state index in [1.807, 2.05) is 56.0 Å². The van der Waals surface area contributed by atoms with Gasteiger partial charge in [-0.1, -0.05) is 67.4 Å². The molecule has 188 valence electrons. The highest BCUT2D eigenvalue weighted by molar-refractivity contribution is 7.99. The molecule has 5 rings (SSSR count). The standard InChI is InChI=1S/C30H35N3O2S/c1-4-32(5-2)25(34)20-36-29-31-27-24-15-8-7-13-22(24)19-30(16-9-6-10-17-30)26(27)28(35)33(29)23-14-11-12-21(3)18-23/h7-8,11-15,18H,4-6,9-10,16-17,19-20H2,1-3H3. The third-order valence-corrected chi connectivity index (χ3v) is 8.82. The van der Waals surface area contributed by atoms with Crippen LogP contribution in [0.4, 0.5) is 0 Å². The first-order valence-corrected chi connectivity index (χ1v) is 14.2. The van der Waals surface area contributed by atoms with E-state index in [2.05, 4.69) is 18.2 Å². The second kappa shape index (κ2) is 10.3. The molecule has 0 aliphatic heterocycles. The van der Waals surface area contributed by atoms with Crippen molar-refractivity contribution in [3.63, 3.8) is 0 Å². The summed E-state index contributed by atoms with van der Waals surface area (Å²) in [6, 6.07) is 16.5. The Bertz CT molecular complexity index is 1340. The molecule has 0 N–H and O–H groups in total. The number of benzene rings is 2. The van der Waals surface area contributed by atoms with Gasteiger partial charge >= 0.3 is 0 Å². The SMILES string of the molecule is CCN(CC)C(=O)CSc1nc2c(c(=O)n1-c1cccc(C)c1)C1(CCCCC1)Cc1ccccc1-2. The molecule has 1 saturated carbocycles. The average Bonchev–Trinajstić information content (AvgIpc) is 2.88. The molecule has 3 aromatic rings. The molecule has 0 bridgehead atoms. The van der Waals surface area contributed by atoms with Crippen LogP contribution in [0.15, 0.2) is 58.5 Å². The van der Waals surface area contributed by atoms with Crippen LogP contribution in [0.5, 0.6) is 0 Å². The van der Waals surface area contributed by atoms with Crippen molar-refractivity contribution in [2.24, 2.45) is 0 Å². The van der Waals surface area contributed by atoms with Gasteiger partial charge in [0.1, 0.15) is 0 Å². The van der Waals surface area contributed by atoms with Gasteiger partial charge in [-0.05, 0) is 63.3 Å². The minimum Gasteiger partial charge on any atom is -0.343 e. The van der Waals surface area contributed by atoms with Gasteiger partial charge in [0.2, 0.25) is 5.91 Å². The molecule has 0 radical (unpaired) electrons. The third-order valence-electron chi connectivity index (χ3n) is 7.90. The maximum Gasteiger partial charge on any atom is 0.263 e. The van der Waals surface area contributed by atoms with E-state index in [9.17, 15) is 9.59 Å². The monoisotopic (exact) mass is 501 g/mol. The zero-order valence-corrected chi connectivity index (χ0v) is 22.4. The van der Waals surface area contributed by atoms with E-state index in [0.717, 1.165) is 60.2 Å². The number of carbonyl (C=O) groups is 1. The third kappa shape index (κ3) is 4.40. The molecule has 2 aliphatic rings. The molecule has 36 heavy (non-hydrogen) atoms. The van der Waals surface area contributed by atoms with Crippen LogP contribution >= 0.6 is 11.8 Å². The van der Waals surface area contributed by atoms with Crippen LogP contribution in [0, 0.1) is 6.92 Å². The Balaban J connectivity index is 1.72. The van der Waals surface area contributed by atoms with Crippen molar-refractivity contribution in [2.45, 2.75) is 69.9 Å². The fourth-order valence-corrected chi connectivity index (χ4v) is 6.98. The highest BCUT2D eigenvalue weighted by Gasteiger charge is 2.43. The quantitative estimate of drug-likeness (QED) is 0.310. The van der Waals surface area contributed by atoms with Crippen LogP contribution in [-0.4, -0.2) is 39.2 Å². The lowest BCUT2D eigenvalue weighted by Crippen LogP contribution is -2.43. The first kappa shape index (κ1) is 24.8. The molecule has 5 nitrogen and oxygen atoms in total. The van der Waals surface area contributed by atoms with Crippen molar-refractivity contribution in [1.29, 1.82) is 0 Å². The number of amides is 1. The van der Waals surface area contributed by atoms with E-state index in [0.29, 0.717) is 18.2 Å². The van der Waals surface area contributed by atoms with Crippen LogP contribution < -0.4 is 5.56 Å². The first-order chi connectivity index (χ1) is 17.5. The van der Waals surface area contributed by atoms with E-state index in [4.69, 9.17) is 4.98 Å². The zero-order valence-electron chi connectivity index (χ0n) is 21.5. The lowest BCUT2D eigenvalue weighted by Gasteiger charge is -2.42. The molecule has 0 unspecified atom stereocenters. The second-order valence-electron chi connectivity index (χ2n) is 10.1. The summed E-state index contributed by atoms with van der Waals surface area (Å²) in [6.45, 7) is 7.37. The van der Waals surface area contributed by atoms with Crippen LogP contribution in [0.25, 0.3) is 16.9 Å². The summed E-state index contributed by atoms with van der Waals surface area (Å²) in [7, 11) is 0. The van der Waals surface area contributed by atoms with Gasteiger partial charge in [-0.2, -0.15) is 0 Å². The number of aryl methyl sites for hydroxylation is 1. The van der Waals surface area contributed by atoms with Gasteiger partial charge in [-0.15, -0.1) is 0 Å². The lowest BCUT2D eigenvalue weighted by atomic mass is 9.62. The molecule has 2 aromatic carbocycles. The minimum atomic E-state index is -0.169. The van der Waals surface area contributed by atoms with Crippen molar-refractivity contribution in [1.82, 2.24) is 14.5 Å². The van der Waals surface area contributed by atoms with Crippen molar-refractivity contribution in [2.75, 3.05) is 18.8 Å². The predicted octanol–water partition coefficient (Wildman–Crippen LogP) is 5.93. The largest absolute Gasteiger partial charge is 0.343 e. The Morgan fingerprint density at radius 3 is 2.53 bits per heavy atom. The molecule has 1 heterocycles. The second-order valence-corrected chi connectivity index (χ2v) is 11.1. The van der Waals surface area contributed by atoms with Gasteiger partial charge in [-0.3, -0.25) is 14.2 Å². The number of hydrogen-bond donors (Lipinski definition) is 0. The number of nitrogens with zero attached hydrogens (tertiary/aromatic N) is 3. The van der Waals surface area contributed by atoms with Gasteiger partial charge in [0.25, 0.3) is 5.56 Å². The van der Waals surface area contributed by atoms with Crippen molar-refractivity contribution >= 4 is 17.7 Å². The Morgan fingerprint density at radius 2 is 1.81 bits per heavy atom. The molecule has 1 aromatic heterocycles. The van der Waals surface area contributed by atoms with E-state index < -0.39 is 0 Å². The molecule has 1 spiro atoms. The number of carbonyl (C=O) groups excluding carboxylic acids is 1. The molecular formula is C30H35N3O2S. The molecule has 1 amide bonds. The highest BCUT2D eigenvalue weighted by Crippen LogP contribution is 2.49. The summed E-state index contributed by atoms with van der Waals surface area (Å²) in [5.74, 6) is 0.322. The first-order valence-electron chi connectivity index (χ1n) is 13.2. The van der Waals surface area contributed by atoms with E-state index in [1.54, 1.807) is 4.57 Å². The van der Waals surface area contributed by atoms with Gasteiger partial charge in [0.15, 0.2) is 5.16 Å². The van der Waals surface area contributed by atoms with Crippen LogP contribution in [0.3, 0.4) is 0 Å². The van der Waals surface area contributed by atoms with Gasteiger partial charge in [0, 0.05) is 24.1 Å². The molecule has 0 atom stereocenters. The number of fused-ring (bicyclic) bond motifs is 4. The number of hydrogen-bond acceptors (Lipinski definition) is 4. The summed E-state index contributed by atoms with van der Waals surface area (Å²) in [4.78, 5) is 34.5. The molecule has 6 heteroatoms. The maximum atomic E-state index is 14.5.